The zero-order valence-corrected chi connectivity index (χ0v) is 12.7. The summed E-state index contributed by atoms with van der Waals surface area (Å²) in [7, 11) is 1.62. The molecule has 0 aliphatic heterocycles. The number of nitrogen functional groups attached to an aromatic ring is 1. The van der Waals surface area contributed by atoms with Gasteiger partial charge < -0.3 is 15.2 Å². The number of nitrogens with two attached hydrogens (primary N) is 1. The van der Waals surface area contributed by atoms with Gasteiger partial charge in [0.15, 0.2) is 11.3 Å². The lowest BCUT2D eigenvalue weighted by Gasteiger charge is -2.11. The van der Waals surface area contributed by atoms with E-state index in [2.05, 4.69) is 36.3 Å². The second kappa shape index (κ2) is 5.57. The standard InChI is InChI=1S/C13H12BrN5O2/c1-20-9-3-2-8(14)4-7(9)6-21-10-5-11(15)16-13-12(10)17-19-18-13/h2-5H,6H2,1H3,(H3,15,16,17,18,19). The largest absolute Gasteiger partial charge is 0.496 e. The second-order valence-corrected chi connectivity index (χ2v) is 5.20. The Balaban J connectivity index is 1.90. The zero-order valence-electron chi connectivity index (χ0n) is 11.1. The summed E-state index contributed by atoms with van der Waals surface area (Å²) in [5.41, 5.74) is 7.59. The molecule has 7 nitrogen and oxygen atoms in total. The molecule has 1 aromatic carbocycles. The van der Waals surface area contributed by atoms with Crippen LogP contribution in [0.4, 0.5) is 5.82 Å². The Labute approximate surface area is 128 Å². The quantitative estimate of drug-likeness (QED) is 0.749. The molecule has 0 radical (unpaired) electrons. The number of ether oxygens (including phenoxy) is 2. The molecule has 2 heterocycles. The highest BCUT2D eigenvalue weighted by atomic mass is 79.9. The highest BCUT2D eigenvalue weighted by Gasteiger charge is 2.11. The molecule has 8 heteroatoms. The molecule has 21 heavy (non-hydrogen) atoms. The number of fused-ring (bicyclic) bond motifs is 1. The minimum Gasteiger partial charge on any atom is -0.496 e. The van der Waals surface area contributed by atoms with E-state index in [-0.39, 0.29) is 0 Å². The Kier molecular flexibility index (Phi) is 3.61. The van der Waals surface area contributed by atoms with Gasteiger partial charge in [0.25, 0.3) is 0 Å². The van der Waals surface area contributed by atoms with Crippen LogP contribution in [0.25, 0.3) is 11.2 Å². The number of anilines is 1. The molecule has 2 aromatic heterocycles. The maximum Gasteiger partial charge on any atom is 0.207 e. The zero-order chi connectivity index (χ0) is 14.8. The number of halogens is 1. The first-order chi connectivity index (χ1) is 10.2. The molecule has 0 spiro atoms. The van der Waals surface area contributed by atoms with Crippen molar-refractivity contribution in [2.75, 3.05) is 12.8 Å². The summed E-state index contributed by atoms with van der Waals surface area (Å²) in [5.74, 6) is 1.59. The summed E-state index contributed by atoms with van der Waals surface area (Å²) in [4.78, 5) is 4.06. The van der Waals surface area contributed by atoms with Gasteiger partial charge in [0.1, 0.15) is 18.2 Å². The molecule has 0 aliphatic rings. The van der Waals surface area contributed by atoms with Crippen LogP contribution in [-0.4, -0.2) is 27.5 Å². The van der Waals surface area contributed by atoms with Gasteiger partial charge in [-0.25, -0.2) is 4.98 Å². The summed E-state index contributed by atoms with van der Waals surface area (Å²) in [5, 5.41) is 10.4. The van der Waals surface area contributed by atoms with Crippen LogP contribution in [0.2, 0.25) is 0 Å². The minimum absolute atomic E-state index is 0.314. The minimum atomic E-state index is 0.314. The summed E-state index contributed by atoms with van der Waals surface area (Å²) in [6.45, 7) is 0.314. The van der Waals surface area contributed by atoms with Crippen molar-refractivity contribution in [3.8, 4) is 11.5 Å². The summed E-state index contributed by atoms with van der Waals surface area (Å²) in [6, 6.07) is 7.33. The molecule has 0 saturated carbocycles. The van der Waals surface area contributed by atoms with Crippen molar-refractivity contribution in [3.05, 3.63) is 34.3 Å². The molecule has 3 aromatic rings. The molecule has 0 saturated heterocycles. The maximum absolute atomic E-state index is 5.80. The molecule has 0 amide bonds. The fraction of sp³-hybridized carbons (Fsp3) is 0.154. The third-order valence-electron chi connectivity index (χ3n) is 2.90. The molecule has 0 unspecified atom stereocenters. The van der Waals surface area contributed by atoms with Crippen molar-refractivity contribution in [2.24, 2.45) is 0 Å². The normalized spacial score (nSPS) is 10.8. The lowest BCUT2D eigenvalue weighted by molar-refractivity contribution is 0.299. The first-order valence-electron chi connectivity index (χ1n) is 6.09. The number of methoxy groups -OCH3 is 1. The average Bonchev–Trinajstić information content (AvgIpc) is 2.93. The van der Waals surface area contributed by atoms with Crippen molar-refractivity contribution in [1.29, 1.82) is 0 Å². The summed E-state index contributed by atoms with van der Waals surface area (Å²) < 4.78 is 12.1. The van der Waals surface area contributed by atoms with Crippen LogP contribution in [0, 0.1) is 0 Å². The van der Waals surface area contributed by atoms with Crippen molar-refractivity contribution in [3.63, 3.8) is 0 Å². The first-order valence-corrected chi connectivity index (χ1v) is 6.89. The predicted molar refractivity (Wildman–Crippen MR) is 81.1 cm³/mol. The van der Waals surface area contributed by atoms with E-state index in [4.69, 9.17) is 15.2 Å². The first kappa shape index (κ1) is 13.6. The van der Waals surface area contributed by atoms with Crippen LogP contribution in [0.1, 0.15) is 5.56 Å². The number of benzene rings is 1. The monoisotopic (exact) mass is 349 g/mol. The van der Waals surface area contributed by atoms with Gasteiger partial charge in [0, 0.05) is 16.1 Å². The Morgan fingerprint density at radius 1 is 1.24 bits per heavy atom. The van der Waals surface area contributed by atoms with E-state index in [1.54, 1.807) is 13.2 Å². The molecular weight excluding hydrogens is 338 g/mol. The summed E-state index contributed by atoms with van der Waals surface area (Å²) >= 11 is 3.43. The molecule has 108 valence electrons. The Hall–Kier alpha value is -2.35. The summed E-state index contributed by atoms with van der Waals surface area (Å²) in [6.07, 6.45) is 0. The molecule has 0 bridgehead atoms. The van der Waals surface area contributed by atoms with Crippen molar-refractivity contribution < 1.29 is 9.47 Å². The highest BCUT2D eigenvalue weighted by Crippen LogP contribution is 2.27. The van der Waals surface area contributed by atoms with Gasteiger partial charge in [0.05, 0.1) is 7.11 Å². The lowest BCUT2D eigenvalue weighted by atomic mass is 10.2. The van der Waals surface area contributed by atoms with Gasteiger partial charge in [0.2, 0.25) is 5.65 Å². The highest BCUT2D eigenvalue weighted by molar-refractivity contribution is 9.10. The van der Waals surface area contributed by atoms with Gasteiger partial charge in [-0.1, -0.05) is 15.9 Å². The second-order valence-electron chi connectivity index (χ2n) is 4.29. The van der Waals surface area contributed by atoms with Crippen LogP contribution in [0.15, 0.2) is 28.7 Å². The number of hydrogen-bond donors (Lipinski definition) is 2. The fourth-order valence-electron chi connectivity index (χ4n) is 1.95. The topological polar surface area (TPSA) is 98.9 Å². The third-order valence-corrected chi connectivity index (χ3v) is 3.40. The molecule has 0 fully saturated rings. The molecule has 0 aliphatic carbocycles. The molecule has 0 atom stereocenters. The number of aromatic amines is 1. The third kappa shape index (κ3) is 2.75. The van der Waals surface area contributed by atoms with E-state index in [0.717, 1.165) is 15.8 Å². The van der Waals surface area contributed by atoms with Crippen LogP contribution in [0.5, 0.6) is 11.5 Å². The van der Waals surface area contributed by atoms with Crippen molar-refractivity contribution in [1.82, 2.24) is 20.4 Å². The molecule has 3 rings (SSSR count). The van der Waals surface area contributed by atoms with Crippen LogP contribution < -0.4 is 15.2 Å². The Morgan fingerprint density at radius 3 is 2.90 bits per heavy atom. The fourth-order valence-corrected chi connectivity index (χ4v) is 2.36. The van der Waals surface area contributed by atoms with E-state index >= 15 is 0 Å². The average molecular weight is 350 g/mol. The Bertz CT molecular complexity index is 789. The van der Waals surface area contributed by atoms with E-state index in [9.17, 15) is 0 Å². The predicted octanol–water partition coefficient (Wildman–Crippen LogP) is 2.29. The number of rotatable bonds is 4. The lowest BCUT2D eigenvalue weighted by Crippen LogP contribution is -2.01. The van der Waals surface area contributed by atoms with Gasteiger partial charge in [-0.15, -0.1) is 5.10 Å². The Morgan fingerprint density at radius 2 is 2.10 bits per heavy atom. The van der Waals surface area contributed by atoms with Gasteiger partial charge in [-0.05, 0) is 18.2 Å². The van der Waals surface area contributed by atoms with Gasteiger partial charge >= 0.3 is 0 Å². The molecular formula is C13H12BrN5O2. The number of nitrogens with zero attached hydrogens (tertiary/aromatic N) is 3. The van der Waals surface area contributed by atoms with Crippen molar-refractivity contribution in [2.45, 2.75) is 6.61 Å². The van der Waals surface area contributed by atoms with E-state index in [0.29, 0.717) is 29.3 Å². The SMILES string of the molecule is COc1ccc(Br)cc1COc1cc(N)nc2n[nH]nc12. The van der Waals surface area contributed by atoms with Crippen molar-refractivity contribution >= 4 is 32.9 Å². The number of aromatic nitrogens is 4. The van der Waals surface area contributed by atoms with Crippen LogP contribution >= 0.6 is 15.9 Å². The smallest absolute Gasteiger partial charge is 0.207 e. The van der Waals surface area contributed by atoms with E-state index in [1.165, 1.54) is 0 Å². The maximum atomic E-state index is 5.80. The number of H-pyrrole nitrogens is 1. The van der Waals surface area contributed by atoms with E-state index in [1.807, 2.05) is 18.2 Å². The molecule has 3 N–H and O–H groups in total. The van der Waals surface area contributed by atoms with Gasteiger partial charge in [-0.2, -0.15) is 10.3 Å². The van der Waals surface area contributed by atoms with Crippen LogP contribution in [0.3, 0.4) is 0 Å². The number of hydrogen-bond acceptors (Lipinski definition) is 6. The number of nitrogens with one attached hydrogen (secondary N) is 1. The number of pyridine rings is 1. The van der Waals surface area contributed by atoms with E-state index < -0.39 is 0 Å². The van der Waals surface area contributed by atoms with Gasteiger partial charge in [-0.3, -0.25) is 0 Å². The van der Waals surface area contributed by atoms with Crippen LogP contribution in [-0.2, 0) is 6.61 Å².